The molecule has 0 amide bonds. The lowest BCUT2D eigenvalue weighted by atomic mass is 9.71. The van der Waals surface area contributed by atoms with E-state index in [4.69, 9.17) is 4.74 Å². The third kappa shape index (κ3) is 4.92. The molecule has 2 aliphatic rings. The van der Waals surface area contributed by atoms with Crippen molar-refractivity contribution in [3.05, 3.63) is 82.7 Å². The monoisotopic (exact) mass is 516 g/mol. The van der Waals surface area contributed by atoms with Crippen molar-refractivity contribution in [3.8, 4) is 22.6 Å². The van der Waals surface area contributed by atoms with Crippen molar-refractivity contribution in [3.63, 3.8) is 0 Å². The molecule has 196 valence electrons. The molecule has 1 saturated carbocycles. The Balaban J connectivity index is 1.69. The van der Waals surface area contributed by atoms with E-state index in [1.54, 1.807) is 12.1 Å². The molecule has 0 bridgehead atoms. The number of alkyl halides is 3. The first kappa shape index (κ1) is 25.5. The van der Waals surface area contributed by atoms with Crippen LogP contribution in [0.5, 0.6) is 11.5 Å². The number of hydrogen-bond acceptors (Lipinski definition) is 4. The Morgan fingerprint density at radius 1 is 1.03 bits per heavy atom. The van der Waals surface area contributed by atoms with Gasteiger partial charge in [0.2, 0.25) is 0 Å². The number of benzene rings is 3. The lowest BCUT2D eigenvalue weighted by Gasteiger charge is -2.47. The second-order valence-corrected chi connectivity index (χ2v) is 10.2. The Hall–Kier alpha value is -3.10. The van der Waals surface area contributed by atoms with Crippen LogP contribution in [0.1, 0.15) is 79.9 Å². The van der Waals surface area contributed by atoms with Crippen molar-refractivity contribution in [2.45, 2.75) is 69.6 Å². The number of hydrogen-bond donors (Lipinski definition) is 2. The number of aliphatic hydroxyl groups excluding tert-OH is 2. The van der Waals surface area contributed by atoms with Gasteiger partial charge in [0.25, 0.3) is 0 Å². The molecule has 2 N–H and O–H groups in total. The van der Waals surface area contributed by atoms with Gasteiger partial charge in [-0.15, -0.1) is 13.2 Å². The molecule has 3 aromatic carbocycles. The fourth-order valence-electron chi connectivity index (χ4n) is 5.45. The first-order valence-corrected chi connectivity index (χ1v) is 12.3. The standard InChI is InChI=1S/C29H28F4O4/c1-16(2)21-14-23-26(22(34)15-28(37-23)12-3-13-28)24(17-4-8-19(30)9-5-17)25(21)27(35)18-6-10-20(11-7-18)36-29(31,32)33/h4-11,14,16,22,27,34-35H,3,12-13,15H2,1-2H3/t22-,27-/m0/s1. The molecule has 0 unspecified atom stereocenters. The van der Waals surface area contributed by atoms with E-state index in [2.05, 4.69) is 4.74 Å². The maximum Gasteiger partial charge on any atom is 0.573 e. The normalized spacial score (nSPS) is 19.2. The Morgan fingerprint density at radius 2 is 1.68 bits per heavy atom. The SMILES string of the molecule is CC(C)c1cc2c(c(-c3ccc(F)cc3)c1[C@@H](O)c1ccc(OC(F)(F)F)cc1)[C@@H](O)CC1(CCC1)O2. The van der Waals surface area contributed by atoms with Crippen LogP contribution in [0.15, 0.2) is 54.6 Å². The quantitative estimate of drug-likeness (QED) is 0.349. The van der Waals surface area contributed by atoms with Gasteiger partial charge in [0.05, 0.1) is 6.10 Å². The van der Waals surface area contributed by atoms with Crippen LogP contribution in [0.25, 0.3) is 11.1 Å². The molecule has 1 aliphatic carbocycles. The molecule has 1 heterocycles. The molecule has 3 aromatic rings. The second kappa shape index (κ2) is 9.33. The minimum atomic E-state index is -4.83. The van der Waals surface area contributed by atoms with Crippen molar-refractivity contribution < 1.29 is 37.2 Å². The Kier molecular flexibility index (Phi) is 6.44. The molecule has 0 radical (unpaired) electrons. The van der Waals surface area contributed by atoms with Gasteiger partial charge >= 0.3 is 6.36 Å². The molecule has 8 heteroatoms. The minimum absolute atomic E-state index is 0.0676. The molecule has 37 heavy (non-hydrogen) atoms. The van der Waals surface area contributed by atoms with Gasteiger partial charge in [0.1, 0.15) is 29.0 Å². The van der Waals surface area contributed by atoms with Crippen LogP contribution in [-0.2, 0) is 0 Å². The van der Waals surface area contributed by atoms with E-state index in [-0.39, 0.29) is 5.92 Å². The Morgan fingerprint density at radius 3 is 2.22 bits per heavy atom. The van der Waals surface area contributed by atoms with E-state index in [1.165, 1.54) is 24.3 Å². The van der Waals surface area contributed by atoms with Gasteiger partial charge in [-0.25, -0.2) is 4.39 Å². The summed E-state index contributed by atoms with van der Waals surface area (Å²) >= 11 is 0. The van der Waals surface area contributed by atoms with Crippen LogP contribution in [0.2, 0.25) is 0 Å². The third-order valence-electron chi connectivity index (χ3n) is 7.35. The average molecular weight is 517 g/mol. The number of rotatable bonds is 5. The van der Waals surface area contributed by atoms with Gasteiger partial charge in [-0.05, 0) is 83.3 Å². The molecule has 1 fully saturated rings. The predicted octanol–water partition coefficient (Wildman–Crippen LogP) is 7.34. The summed E-state index contributed by atoms with van der Waals surface area (Å²) in [5.74, 6) is -0.343. The zero-order valence-corrected chi connectivity index (χ0v) is 20.5. The van der Waals surface area contributed by atoms with Crippen molar-refractivity contribution in [2.75, 3.05) is 0 Å². The maximum absolute atomic E-state index is 13.8. The van der Waals surface area contributed by atoms with Crippen LogP contribution in [0.4, 0.5) is 17.6 Å². The van der Waals surface area contributed by atoms with Crippen LogP contribution >= 0.6 is 0 Å². The highest BCUT2D eigenvalue weighted by molar-refractivity contribution is 5.78. The van der Waals surface area contributed by atoms with E-state index < -0.39 is 35.7 Å². The second-order valence-electron chi connectivity index (χ2n) is 10.2. The van der Waals surface area contributed by atoms with Crippen molar-refractivity contribution in [1.82, 2.24) is 0 Å². The molecule has 1 aliphatic heterocycles. The van der Waals surface area contributed by atoms with Gasteiger partial charge in [-0.3, -0.25) is 0 Å². The van der Waals surface area contributed by atoms with E-state index in [0.29, 0.717) is 40.0 Å². The van der Waals surface area contributed by atoms with Gasteiger partial charge < -0.3 is 19.7 Å². The lowest BCUT2D eigenvalue weighted by molar-refractivity contribution is -0.274. The number of fused-ring (bicyclic) bond motifs is 1. The smallest absolute Gasteiger partial charge is 0.487 e. The van der Waals surface area contributed by atoms with E-state index in [9.17, 15) is 27.8 Å². The predicted molar refractivity (Wildman–Crippen MR) is 130 cm³/mol. The third-order valence-corrected chi connectivity index (χ3v) is 7.35. The van der Waals surface area contributed by atoms with Gasteiger partial charge in [0, 0.05) is 12.0 Å². The Bertz CT molecular complexity index is 1280. The number of ether oxygens (including phenoxy) is 2. The zero-order valence-electron chi connectivity index (χ0n) is 20.5. The molecule has 5 rings (SSSR count). The van der Waals surface area contributed by atoms with E-state index in [1.807, 2.05) is 19.9 Å². The molecular formula is C29H28F4O4. The average Bonchev–Trinajstić information content (AvgIpc) is 2.81. The largest absolute Gasteiger partial charge is 0.573 e. The van der Waals surface area contributed by atoms with Crippen molar-refractivity contribution in [1.29, 1.82) is 0 Å². The fourth-order valence-corrected chi connectivity index (χ4v) is 5.45. The molecule has 2 atom stereocenters. The molecular weight excluding hydrogens is 488 g/mol. The molecule has 0 aromatic heterocycles. The summed E-state index contributed by atoms with van der Waals surface area (Å²) in [6, 6.07) is 12.7. The maximum atomic E-state index is 13.8. The highest BCUT2D eigenvalue weighted by atomic mass is 19.4. The van der Waals surface area contributed by atoms with Crippen LogP contribution in [-0.4, -0.2) is 22.2 Å². The van der Waals surface area contributed by atoms with Crippen LogP contribution in [0.3, 0.4) is 0 Å². The Labute approximate surface area is 212 Å². The fraction of sp³-hybridized carbons (Fsp3) is 0.379. The number of halogens is 4. The summed E-state index contributed by atoms with van der Waals surface area (Å²) in [6.07, 6.45) is -3.80. The van der Waals surface area contributed by atoms with Gasteiger partial charge in [-0.2, -0.15) is 0 Å². The van der Waals surface area contributed by atoms with Crippen molar-refractivity contribution >= 4 is 0 Å². The zero-order chi connectivity index (χ0) is 26.5. The number of aliphatic hydroxyl groups is 2. The van der Waals surface area contributed by atoms with Gasteiger partial charge in [0.15, 0.2) is 0 Å². The van der Waals surface area contributed by atoms with E-state index >= 15 is 0 Å². The first-order valence-electron chi connectivity index (χ1n) is 12.3. The summed E-state index contributed by atoms with van der Waals surface area (Å²) in [7, 11) is 0. The highest BCUT2D eigenvalue weighted by Gasteiger charge is 2.47. The van der Waals surface area contributed by atoms with Crippen LogP contribution < -0.4 is 9.47 Å². The molecule has 1 spiro atoms. The highest BCUT2D eigenvalue weighted by Crippen LogP contribution is 2.54. The summed E-state index contributed by atoms with van der Waals surface area (Å²) in [4.78, 5) is 0. The lowest BCUT2D eigenvalue weighted by Crippen LogP contribution is -2.47. The minimum Gasteiger partial charge on any atom is -0.487 e. The summed E-state index contributed by atoms with van der Waals surface area (Å²) in [6.45, 7) is 3.93. The van der Waals surface area contributed by atoms with Gasteiger partial charge in [-0.1, -0.05) is 38.1 Å². The summed E-state index contributed by atoms with van der Waals surface area (Å²) in [5, 5.41) is 23.0. The molecule has 0 saturated heterocycles. The topological polar surface area (TPSA) is 58.9 Å². The molecule has 4 nitrogen and oxygen atoms in total. The van der Waals surface area contributed by atoms with Crippen molar-refractivity contribution in [2.24, 2.45) is 0 Å². The van der Waals surface area contributed by atoms with E-state index in [0.717, 1.165) is 37.0 Å². The van der Waals surface area contributed by atoms with Crippen LogP contribution in [0, 0.1) is 5.82 Å². The summed E-state index contributed by atoms with van der Waals surface area (Å²) in [5.41, 5.74) is 2.88. The first-order chi connectivity index (χ1) is 17.5. The summed E-state index contributed by atoms with van der Waals surface area (Å²) < 4.78 is 62.1.